The summed E-state index contributed by atoms with van der Waals surface area (Å²) in [5, 5.41) is 1.24. The van der Waals surface area contributed by atoms with Gasteiger partial charge < -0.3 is 9.64 Å². The summed E-state index contributed by atoms with van der Waals surface area (Å²) in [7, 11) is 0. The fraction of sp³-hybridized carbons (Fsp3) is 0.533. The summed E-state index contributed by atoms with van der Waals surface area (Å²) in [5.41, 5.74) is 1.57. The summed E-state index contributed by atoms with van der Waals surface area (Å²) in [6.07, 6.45) is 0.431. The zero-order chi connectivity index (χ0) is 15.1. The third-order valence-corrected chi connectivity index (χ3v) is 3.85. The lowest BCUT2D eigenvalue weighted by molar-refractivity contribution is 0.0160. The van der Waals surface area contributed by atoms with Gasteiger partial charge in [0.2, 0.25) is 0 Å². The molecule has 0 N–H and O–H groups in total. The predicted molar refractivity (Wildman–Crippen MR) is 81.5 cm³/mol. The summed E-state index contributed by atoms with van der Waals surface area (Å²) in [6, 6.07) is 3.53. The number of hydrogen-bond acceptors (Lipinski definition) is 2. The lowest BCUT2D eigenvalue weighted by atomic mass is 9.94. The topological polar surface area (TPSA) is 29.5 Å². The Labute approximate surface area is 129 Å². The van der Waals surface area contributed by atoms with Crippen LogP contribution < -0.4 is 0 Å². The van der Waals surface area contributed by atoms with E-state index in [1.807, 2.05) is 33.8 Å². The first-order chi connectivity index (χ1) is 9.19. The van der Waals surface area contributed by atoms with Crippen molar-refractivity contribution in [1.29, 1.82) is 0 Å². The van der Waals surface area contributed by atoms with Crippen molar-refractivity contribution in [2.24, 2.45) is 0 Å². The fourth-order valence-corrected chi connectivity index (χ4v) is 3.17. The van der Waals surface area contributed by atoms with Crippen LogP contribution in [-0.4, -0.2) is 23.1 Å². The van der Waals surface area contributed by atoms with E-state index in [4.69, 9.17) is 27.9 Å². The highest BCUT2D eigenvalue weighted by atomic mass is 35.5. The van der Waals surface area contributed by atoms with Crippen molar-refractivity contribution in [2.45, 2.75) is 45.8 Å². The van der Waals surface area contributed by atoms with Gasteiger partial charge in [0.1, 0.15) is 5.60 Å². The van der Waals surface area contributed by atoms with E-state index >= 15 is 0 Å². The molecule has 1 aliphatic rings. The minimum Gasteiger partial charge on any atom is -0.444 e. The van der Waals surface area contributed by atoms with Gasteiger partial charge in [-0.15, -0.1) is 0 Å². The van der Waals surface area contributed by atoms with Gasteiger partial charge in [-0.05, 0) is 57.4 Å². The molecular formula is C15H19Cl2NO2. The first-order valence-electron chi connectivity index (χ1n) is 6.66. The molecule has 1 amide bonds. The Morgan fingerprint density at radius 3 is 2.60 bits per heavy atom. The Kier molecular flexibility index (Phi) is 4.22. The third kappa shape index (κ3) is 3.21. The second kappa shape index (κ2) is 5.45. The molecule has 0 radical (unpaired) electrons. The molecule has 3 nitrogen and oxygen atoms in total. The molecule has 1 aromatic rings. The largest absolute Gasteiger partial charge is 0.444 e. The number of hydrogen-bond donors (Lipinski definition) is 0. The zero-order valence-electron chi connectivity index (χ0n) is 12.2. The van der Waals surface area contributed by atoms with Crippen LogP contribution in [0.1, 0.15) is 44.9 Å². The van der Waals surface area contributed by atoms with Crippen molar-refractivity contribution in [2.75, 3.05) is 6.54 Å². The second-order valence-corrected chi connectivity index (χ2v) is 6.90. The van der Waals surface area contributed by atoms with Crippen LogP contribution in [0.3, 0.4) is 0 Å². The van der Waals surface area contributed by atoms with E-state index in [1.54, 1.807) is 11.0 Å². The Morgan fingerprint density at radius 2 is 2.00 bits per heavy atom. The SMILES string of the molecule is CC1c2c(Cl)cc(Cl)cc2CCN1C(=O)OC(C)(C)C. The van der Waals surface area contributed by atoms with Gasteiger partial charge in [-0.2, -0.15) is 0 Å². The van der Waals surface area contributed by atoms with E-state index in [9.17, 15) is 4.79 Å². The predicted octanol–water partition coefficient (Wildman–Crippen LogP) is 4.85. The van der Waals surface area contributed by atoms with E-state index in [-0.39, 0.29) is 12.1 Å². The van der Waals surface area contributed by atoms with Crippen LogP contribution in [0.25, 0.3) is 0 Å². The van der Waals surface area contributed by atoms with Gasteiger partial charge in [0.25, 0.3) is 0 Å². The molecule has 1 unspecified atom stereocenters. The van der Waals surface area contributed by atoms with Crippen LogP contribution in [0.2, 0.25) is 10.0 Å². The molecule has 20 heavy (non-hydrogen) atoms. The molecule has 2 rings (SSSR count). The normalized spacial score (nSPS) is 18.7. The molecule has 5 heteroatoms. The average molecular weight is 316 g/mol. The molecule has 1 heterocycles. The molecule has 0 fully saturated rings. The molecule has 0 spiro atoms. The number of carbonyl (C=O) groups is 1. The fourth-order valence-electron chi connectivity index (χ4n) is 2.47. The standard InChI is InChI=1S/C15H19Cl2NO2/c1-9-13-10(7-11(16)8-12(13)17)5-6-18(9)14(19)20-15(2,3)4/h7-9H,5-6H2,1-4H3. The number of halogens is 2. The minimum absolute atomic E-state index is 0.113. The van der Waals surface area contributed by atoms with Gasteiger partial charge in [0, 0.05) is 16.6 Å². The Balaban J connectivity index is 2.28. The number of nitrogens with zero attached hydrogens (tertiary/aromatic N) is 1. The summed E-state index contributed by atoms with van der Waals surface area (Å²) in [4.78, 5) is 14.0. The molecular weight excluding hydrogens is 297 g/mol. The van der Waals surface area contributed by atoms with E-state index in [0.29, 0.717) is 16.6 Å². The average Bonchev–Trinajstić information content (AvgIpc) is 2.25. The van der Waals surface area contributed by atoms with Crippen molar-refractivity contribution < 1.29 is 9.53 Å². The van der Waals surface area contributed by atoms with Crippen LogP contribution in [0.5, 0.6) is 0 Å². The maximum atomic E-state index is 12.2. The smallest absolute Gasteiger partial charge is 0.410 e. The maximum Gasteiger partial charge on any atom is 0.410 e. The Bertz CT molecular complexity index is 537. The van der Waals surface area contributed by atoms with Gasteiger partial charge in [0.05, 0.1) is 6.04 Å². The molecule has 1 aromatic carbocycles. The van der Waals surface area contributed by atoms with Crippen LogP contribution in [-0.2, 0) is 11.2 Å². The lowest BCUT2D eigenvalue weighted by Gasteiger charge is -2.36. The summed E-state index contributed by atoms with van der Waals surface area (Å²) in [5.74, 6) is 0. The van der Waals surface area contributed by atoms with Crippen molar-refractivity contribution in [3.8, 4) is 0 Å². The van der Waals surface area contributed by atoms with Crippen molar-refractivity contribution in [1.82, 2.24) is 4.90 Å². The highest BCUT2D eigenvalue weighted by Crippen LogP contribution is 2.37. The molecule has 0 bridgehead atoms. The van der Waals surface area contributed by atoms with Crippen molar-refractivity contribution in [3.63, 3.8) is 0 Å². The lowest BCUT2D eigenvalue weighted by Crippen LogP contribution is -2.42. The summed E-state index contributed by atoms with van der Waals surface area (Å²) < 4.78 is 5.44. The van der Waals surface area contributed by atoms with E-state index in [1.165, 1.54) is 0 Å². The molecule has 0 aliphatic carbocycles. The van der Waals surface area contributed by atoms with E-state index in [0.717, 1.165) is 17.5 Å². The molecule has 110 valence electrons. The minimum atomic E-state index is -0.499. The van der Waals surface area contributed by atoms with Crippen LogP contribution >= 0.6 is 23.2 Å². The monoisotopic (exact) mass is 315 g/mol. The molecule has 0 saturated carbocycles. The van der Waals surface area contributed by atoms with E-state index < -0.39 is 5.60 Å². The Morgan fingerprint density at radius 1 is 1.35 bits per heavy atom. The zero-order valence-corrected chi connectivity index (χ0v) is 13.7. The molecule has 1 atom stereocenters. The molecule has 0 saturated heterocycles. The van der Waals surface area contributed by atoms with Gasteiger partial charge in [-0.25, -0.2) is 4.79 Å². The van der Waals surface area contributed by atoms with Crippen LogP contribution in [0.15, 0.2) is 12.1 Å². The number of amides is 1. The third-order valence-electron chi connectivity index (χ3n) is 3.32. The number of fused-ring (bicyclic) bond motifs is 1. The summed E-state index contributed by atoms with van der Waals surface area (Å²) >= 11 is 12.3. The van der Waals surface area contributed by atoms with Gasteiger partial charge in [-0.3, -0.25) is 0 Å². The highest BCUT2D eigenvalue weighted by molar-refractivity contribution is 6.35. The maximum absolute atomic E-state index is 12.2. The molecule has 1 aliphatic heterocycles. The number of rotatable bonds is 0. The van der Waals surface area contributed by atoms with E-state index in [2.05, 4.69) is 0 Å². The van der Waals surface area contributed by atoms with Crippen molar-refractivity contribution in [3.05, 3.63) is 33.3 Å². The van der Waals surface area contributed by atoms with Gasteiger partial charge in [-0.1, -0.05) is 23.2 Å². The quantitative estimate of drug-likeness (QED) is 0.685. The van der Waals surface area contributed by atoms with Gasteiger partial charge in [0.15, 0.2) is 0 Å². The van der Waals surface area contributed by atoms with Crippen molar-refractivity contribution >= 4 is 29.3 Å². The van der Waals surface area contributed by atoms with Crippen LogP contribution in [0.4, 0.5) is 4.79 Å². The first-order valence-corrected chi connectivity index (χ1v) is 7.42. The second-order valence-electron chi connectivity index (χ2n) is 6.06. The van der Waals surface area contributed by atoms with Crippen LogP contribution in [0, 0.1) is 0 Å². The number of benzene rings is 1. The first kappa shape index (κ1) is 15.5. The summed E-state index contributed by atoms with van der Waals surface area (Å²) in [6.45, 7) is 8.15. The van der Waals surface area contributed by atoms with Gasteiger partial charge >= 0.3 is 6.09 Å². The number of carbonyl (C=O) groups excluding carboxylic acids is 1. The Hall–Kier alpha value is -0.930. The highest BCUT2D eigenvalue weighted by Gasteiger charge is 2.32. The molecule has 0 aromatic heterocycles. The number of ether oxygens (including phenoxy) is 1.